The lowest BCUT2D eigenvalue weighted by Gasteiger charge is -2.33. The van der Waals surface area contributed by atoms with Crippen LogP contribution in [0.4, 0.5) is 0 Å². The Morgan fingerprint density at radius 1 is 1.42 bits per heavy atom. The van der Waals surface area contributed by atoms with Crippen LogP contribution in [0, 0.1) is 0 Å². The number of ether oxygens (including phenoxy) is 1. The molecule has 1 fully saturated rings. The third-order valence-corrected chi connectivity index (χ3v) is 3.94. The molecule has 0 aromatic heterocycles. The normalized spacial score (nSPS) is 23.0. The van der Waals surface area contributed by atoms with Crippen LogP contribution < -0.4 is 0 Å². The Kier molecular flexibility index (Phi) is 6.27. The molecule has 4 heteroatoms. The predicted octanol–water partition coefficient (Wildman–Crippen LogP) is 2.34. The molecule has 2 unspecified atom stereocenters. The van der Waals surface area contributed by atoms with E-state index in [0.29, 0.717) is 12.8 Å². The number of carbonyl (C=O) groups is 1. The molecule has 1 heterocycles. The van der Waals surface area contributed by atoms with Crippen LogP contribution in [-0.2, 0) is 9.53 Å². The molecule has 0 aromatic rings. The van der Waals surface area contributed by atoms with Crippen molar-refractivity contribution in [3.63, 3.8) is 0 Å². The second kappa shape index (κ2) is 7.25. The maximum atomic E-state index is 12.5. The van der Waals surface area contributed by atoms with Crippen molar-refractivity contribution < 1.29 is 14.6 Å². The Hall–Kier alpha value is -0.610. The van der Waals surface area contributed by atoms with E-state index in [0.717, 1.165) is 25.8 Å². The molecule has 19 heavy (non-hydrogen) atoms. The van der Waals surface area contributed by atoms with Crippen molar-refractivity contribution in [1.29, 1.82) is 0 Å². The first-order valence-corrected chi connectivity index (χ1v) is 7.38. The Morgan fingerprint density at radius 3 is 2.68 bits per heavy atom. The van der Waals surface area contributed by atoms with Crippen molar-refractivity contribution in [3.05, 3.63) is 0 Å². The second-order valence-electron chi connectivity index (χ2n) is 6.32. The highest BCUT2D eigenvalue weighted by molar-refractivity contribution is 5.77. The zero-order valence-corrected chi connectivity index (χ0v) is 12.8. The summed E-state index contributed by atoms with van der Waals surface area (Å²) in [6, 6.07) is 0.183. The molecule has 1 rings (SSSR count). The van der Waals surface area contributed by atoms with Gasteiger partial charge >= 0.3 is 0 Å². The summed E-state index contributed by atoms with van der Waals surface area (Å²) >= 11 is 0. The van der Waals surface area contributed by atoms with Gasteiger partial charge in [0.05, 0.1) is 18.1 Å². The molecule has 4 nitrogen and oxygen atoms in total. The number of methoxy groups -OCH3 is 1. The van der Waals surface area contributed by atoms with E-state index in [1.807, 2.05) is 18.7 Å². The van der Waals surface area contributed by atoms with Crippen LogP contribution >= 0.6 is 0 Å². The molecule has 0 aliphatic carbocycles. The fourth-order valence-electron chi connectivity index (χ4n) is 2.68. The first kappa shape index (κ1) is 16.4. The molecule has 112 valence electrons. The fraction of sp³-hybridized carbons (Fsp3) is 0.933. The molecule has 0 spiro atoms. The summed E-state index contributed by atoms with van der Waals surface area (Å²) in [6.45, 7) is 6.49. The smallest absolute Gasteiger partial charge is 0.225 e. The van der Waals surface area contributed by atoms with Crippen LogP contribution in [0.15, 0.2) is 0 Å². The number of amides is 1. The maximum absolute atomic E-state index is 12.5. The molecule has 0 aromatic carbocycles. The highest BCUT2D eigenvalue weighted by Crippen LogP contribution is 2.24. The molecule has 1 aliphatic rings. The minimum absolute atomic E-state index is 0.152. The second-order valence-corrected chi connectivity index (χ2v) is 6.32. The van der Waals surface area contributed by atoms with Crippen LogP contribution in [0.2, 0.25) is 0 Å². The van der Waals surface area contributed by atoms with E-state index >= 15 is 0 Å². The minimum atomic E-state index is -0.418. The number of nitrogens with zero attached hydrogens (tertiary/aromatic N) is 1. The number of aliphatic hydroxyl groups excluding tert-OH is 1. The van der Waals surface area contributed by atoms with Crippen LogP contribution in [0.25, 0.3) is 0 Å². The molecular formula is C15H29NO3. The van der Waals surface area contributed by atoms with Crippen molar-refractivity contribution in [2.45, 2.75) is 77.0 Å². The first-order chi connectivity index (χ1) is 8.85. The third kappa shape index (κ3) is 5.49. The quantitative estimate of drug-likeness (QED) is 0.835. The lowest BCUT2D eigenvalue weighted by atomic mass is 10.0. The standard InChI is InChI=1S/C15H29NO3/c1-12(17)10-13-8-6-5-7-9-16(13)14(18)11-15(2,3)19-4/h12-13,17H,5-11H2,1-4H3. The Labute approximate surface area is 117 Å². The van der Waals surface area contributed by atoms with E-state index < -0.39 is 5.60 Å². The van der Waals surface area contributed by atoms with Crippen molar-refractivity contribution in [3.8, 4) is 0 Å². The molecule has 0 saturated carbocycles. The van der Waals surface area contributed by atoms with Gasteiger partial charge in [-0.2, -0.15) is 0 Å². The number of aliphatic hydroxyl groups is 1. The first-order valence-electron chi connectivity index (χ1n) is 7.38. The molecular weight excluding hydrogens is 242 g/mol. The Balaban J connectivity index is 2.70. The number of hydrogen-bond donors (Lipinski definition) is 1. The van der Waals surface area contributed by atoms with Crippen LogP contribution in [0.5, 0.6) is 0 Å². The predicted molar refractivity (Wildman–Crippen MR) is 76.0 cm³/mol. The highest BCUT2D eigenvalue weighted by atomic mass is 16.5. The Bertz CT molecular complexity index is 289. The van der Waals surface area contributed by atoms with Crippen LogP contribution in [-0.4, -0.2) is 47.3 Å². The minimum Gasteiger partial charge on any atom is -0.393 e. The number of carbonyl (C=O) groups excluding carboxylic acids is 1. The van der Waals surface area contributed by atoms with E-state index in [-0.39, 0.29) is 18.1 Å². The maximum Gasteiger partial charge on any atom is 0.225 e. The molecule has 1 aliphatic heterocycles. The molecule has 1 saturated heterocycles. The average Bonchev–Trinajstić information content (AvgIpc) is 2.53. The van der Waals surface area contributed by atoms with Gasteiger partial charge in [0.15, 0.2) is 0 Å². The SMILES string of the molecule is COC(C)(C)CC(=O)N1CCCCCC1CC(C)O. The lowest BCUT2D eigenvalue weighted by Crippen LogP contribution is -2.44. The molecule has 2 atom stereocenters. The van der Waals surface area contributed by atoms with Gasteiger partial charge in [-0.15, -0.1) is 0 Å². The summed E-state index contributed by atoms with van der Waals surface area (Å²) in [5.41, 5.74) is -0.418. The molecule has 1 N–H and O–H groups in total. The van der Waals surface area contributed by atoms with E-state index in [2.05, 4.69) is 0 Å². The summed E-state index contributed by atoms with van der Waals surface area (Å²) in [5, 5.41) is 9.61. The van der Waals surface area contributed by atoms with Gasteiger partial charge in [-0.3, -0.25) is 4.79 Å². The average molecular weight is 271 g/mol. The van der Waals surface area contributed by atoms with Crippen molar-refractivity contribution in [2.75, 3.05) is 13.7 Å². The van der Waals surface area contributed by atoms with Gasteiger partial charge in [-0.1, -0.05) is 12.8 Å². The molecule has 1 amide bonds. The zero-order valence-electron chi connectivity index (χ0n) is 12.8. The van der Waals surface area contributed by atoms with Crippen LogP contribution in [0.3, 0.4) is 0 Å². The zero-order chi connectivity index (χ0) is 14.5. The van der Waals surface area contributed by atoms with Gasteiger partial charge in [0.25, 0.3) is 0 Å². The fourth-order valence-corrected chi connectivity index (χ4v) is 2.68. The summed E-state index contributed by atoms with van der Waals surface area (Å²) in [7, 11) is 1.64. The van der Waals surface area contributed by atoms with Gasteiger partial charge in [0, 0.05) is 19.7 Å². The van der Waals surface area contributed by atoms with Gasteiger partial charge in [0.1, 0.15) is 0 Å². The topological polar surface area (TPSA) is 49.8 Å². The summed E-state index contributed by atoms with van der Waals surface area (Å²) in [4.78, 5) is 14.5. The van der Waals surface area contributed by atoms with E-state index in [4.69, 9.17) is 4.74 Å². The summed E-state index contributed by atoms with van der Waals surface area (Å²) in [6.07, 6.45) is 5.12. The largest absolute Gasteiger partial charge is 0.393 e. The van der Waals surface area contributed by atoms with Gasteiger partial charge < -0.3 is 14.7 Å². The van der Waals surface area contributed by atoms with Crippen molar-refractivity contribution in [1.82, 2.24) is 4.90 Å². The summed E-state index contributed by atoms with van der Waals surface area (Å²) < 4.78 is 5.35. The summed E-state index contributed by atoms with van der Waals surface area (Å²) in [5.74, 6) is 0.152. The van der Waals surface area contributed by atoms with Gasteiger partial charge in [-0.25, -0.2) is 0 Å². The van der Waals surface area contributed by atoms with Crippen molar-refractivity contribution >= 4 is 5.91 Å². The Morgan fingerprint density at radius 2 is 2.11 bits per heavy atom. The third-order valence-electron chi connectivity index (χ3n) is 3.94. The van der Waals surface area contributed by atoms with Crippen LogP contribution in [0.1, 0.15) is 59.3 Å². The number of rotatable bonds is 5. The highest BCUT2D eigenvalue weighted by Gasteiger charge is 2.30. The van der Waals surface area contributed by atoms with E-state index in [1.165, 1.54) is 6.42 Å². The number of hydrogen-bond acceptors (Lipinski definition) is 3. The van der Waals surface area contributed by atoms with Crippen molar-refractivity contribution in [2.24, 2.45) is 0 Å². The van der Waals surface area contributed by atoms with Gasteiger partial charge in [0.2, 0.25) is 5.91 Å². The lowest BCUT2D eigenvalue weighted by molar-refractivity contribution is -0.139. The number of likely N-dealkylation sites (tertiary alicyclic amines) is 1. The molecule has 0 radical (unpaired) electrons. The van der Waals surface area contributed by atoms with Gasteiger partial charge in [-0.05, 0) is 40.0 Å². The molecule has 0 bridgehead atoms. The van der Waals surface area contributed by atoms with E-state index in [1.54, 1.807) is 14.0 Å². The van der Waals surface area contributed by atoms with E-state index in [9.17, 15) is 9.90 Å². The monoisotopic (exact) mass is 271 g/mol.